The zero-order valence-electron chi connectivity index (χ0n) is 11.1. The van der Waals surface area contributed by atoms with Gasteiger partial charge in [-0.3, -0.25) is 0 Å². The van der Waals surface area contributed by atoms with Gasteiger partial charge in [0.05, 0.1) is 0 Å². The highest BCUT2D eigenvalue weighted by Crippen LogP contribution is 2.06. The average Bonchev–Trinajstić information content (AvgIpc) is 2.28. The Morgan fingerprint density at radius 2 is 2.12 bits per heavy atom. The van der Waals surface area contributed by atoms with Crippen LogP contribution in [0.2, 0.25) is 0 Å². The maximum Gasteiger partial charge on any atom is 0.128 e. The van der Waals surface area contributed by atoms with Crippen LogP contribution in [0.4, 0.5) is 11.6 Å². The fourth-order valence-corrected chi connectivity index (χ4v) is 1.51. The largest absolute Gasteiger partial charge is 0.384 e. The van der Waals surface area contributed by atoms with E-state index in [1.807, 2.05) is 12.1 Å². The first-order chi connectivity index (χ1) is 8.09. The van der Waals surface area contributed by atoms with Crippen LogP contribution in [0.3, 0.4) is 0 Å². The molecule has 1 rings (SSSR count). The molecule has 0 aliphatic rings. The highest BCUT2D eigenvalue weighted by Gasteiger charge is 2.01. The predicted molar refractivity (Wildman–Crippen MR) is 74.1 cm³/mol. The van der Waals surface area contributed by atoms with Crippen LogP contribution in [0.1, 0.15) is 26.7 Å². The third kappa shape index (κ3) is 5.54. The summed E-state index contributed by atoms with van der Waals surface area (Å²) in [5.41, 5.74) is 5.60. The number of unbranched alkanes of at least 4 members (excludes halogenated alkanes) is 1. The molecule has 1 aromatic heterocycles. The van der Waals surface area contributed by atoms with Gasteiger partial charge in [0.2, 0.25) is 0 Å². The van der Waals surface area contributed by atoms with Crippen molar-refractivity contribution in [3.05, 3.63) is 18.2 Å². The number of rotatable bonds is 7. The number of nitrogens with one attached hydrogen (secondary N) is 1. The lowest BCUT2D eigenvalue weighted by Gasteiger charge is -2.20. The molecule has 0 aliphatic carbocycles. The SMILES string of the molecule is CC(C)N(C)CCCCNc1cccc(N)n1. The van der Waals surface area contributed by atoms with Crippen LogP contribution in [-0.4, -0.2) is 36.1 Å². The molecule has 96 valence electrons. The number of hydrogen-bond donors (Lipinski definition) is 2. The molecule has 1 aromatic rings. The van der Waals surface area contributed by atoms with Crippen LogP contribution in [0.5, 0.6) is 0 Å². The van der Waals surface area contributed by atoms with Crippen LogP contribution < -0.4 is 11.1 Å². The summed E-state index contributed by atoms with van der Waals surface area (Å²) in [6.45, 7) is 6.52. The quantitative estimate of drug-likeness (QED) is 0.713. The second kappa shape index (κ2) is 7.12. The molecular formula is C13H24N4. The molecule has 0 aromatic carbocycles. The zero-order valence-corrected chi connectivity index (χ0v) is 11.1. The minimum atomic E-state index is 0.564. The number of nitrogen functional groups attached to an aromatic ring is 1. The van der Waals surface area contributed by atoms with Gasteiger partial charge in [-0.1, -0.05) is 6.07 Å². The minimum Gasteiger partial charge on any atom is -0.384 e. The highest BCUT2D eigenvalue weighted by molar-refractivity contribution is 5.41. The number of aromatic nitrogens is 1. The van der Waals surface area contributed by atoms with Crippen molar-refractivity contribution in [3.8, 4) is 0 Å². The fourth-order valence-electron chi connectivity index (χ4n) is 1.51. The topological polar surface area (TPSA) is 54.2 Å². The minimum absolute atomic E-state index is 0.564. The van der Waals surface area contributed by atoms with Crippen molar-refractivity contribution < 1.29 is 0 Å². The molecule has 0 spiro atoms. The van der Waals surface area contributed by atoms with Crippen LogP contribution >= 0.6 is 0 Å². The maximum absolute atomic E-state index is 5.60. The lowest BCUT2D eigenvalue weighted by atomic mass is 10.2. The summed E-state index contributed by atoms with van der Waals surface area (Å²) in [6.07, 6.45) is 2.34. The molecule has 1 heterocycles. The first-order valence-electron chi connectivity index (χ1n) is 6.26. The Hall–Kier alpha value is -1.29. The number of anilines is 2. The molecule has 17 heavy (non-hydrogen) atoms. The molecular weight excluding hydrogens is 212 g/mol. The van der Waals surface area contributed by atoms with Gasteiger partial charge in [-0.05, 0) is 52.4 Å². The summed E-state index contributed by atoms with van der Waals surface area (Å²) in [6, 6.07) is 6.27. The Morgan fingerprint density at radius 1 is 1.35 bits per heavy atom. The average molecular weight is 236 g/mol. The van der Waals surface area contributed by atoms with Crippen LogP contribution in [0.25, 0.3) is 0 Å². The van der Waals surface area contributed by atoms with E-state index in [1.54, 1.807) is 6.07 Å². The van der Waals surface area contributed by atoms with Crippen molar-refractivity contribution in [2.75, 3.05) is 31.2 Å². The van der Waals surface area contributed by atoms with E-state index in [0.29, 0.717) is 11.9 Å². The summed E-state index contributed by atoms with van der Waals surface area (Å²) in [5.74, 6) is 1.43. The number of hydrogen-bond acceptors (Lipinski definition) is 4. The van der Waals surface area contributed by atoms with Gasteiger partial charge in [0.15, 0.2) is 0 Å². The Labute approximate surface area is 104 Å². The van der Waals surface area contributed by atoms with Crippen molar-refractivity contribution in [2.24, 2.45) is 0 Å². The van der Waals surface area contributed by atoms with E-state index in [-0.39, 0.29) is 0 Å². The van der Waals surface area contributed by atoms with Gasteiger partial charge < -0.3 is 16.0 Å². The van der Waals surface area contributed by atoms with Crippen LogP contribution in [-0.2, 0) is 0 Å². The van der Waals surface area contributed by atoms with E-state index in [2.05, 4.69) is 36.1 Å². The molecule has 0 saturated heterocycles. The standard InChI is InChI=1S/C13H24N4/c1-11(2)17(3)10-5-4-9-15-13-8-6-7-12(14)16-13/h6-8,11H,4-5,9-10H2,1-3H3,(H3,14,15,16). The molecule has 0 fully saturated rings. The van der Waals surface area contributed by atoms with Gasteiger partial charge in [0.1, 0.15) is 11.6 Å². The molecule has 4 nitrogen and oxygen atoms in total. The van der Waals surface area contributed by atoms with E-state index in [1.165, 1.54) is 6.42 Å². The molecule has 0 bridgehead atoms. The van der Waals surface area contributed by atoms with Crippen molar-refractivity contribution in [1.82, 2.24) is 9.88 Å². The highest BCUT2D eigenvalue weighted by atomic mass is 15.1. The van der Waals surface area contributed by atoms with Crippen LogP contribution in [0, 0.1) is 0 Å². The first-order valence-corrected chi connectivity index (χ1v) is 6.26. The zero-order chi connectivity index (χ0) is 12.7. The van der Waals surface area contributed by atoms with Gasteiger partial charge in [0, 0.05) is 12.6 Å². The third-order valence-electron chi connectivity index (χ3n) is 2.90. The van der Waals surface area contributed by atoms with Crippen LogP contribution in [0.15, 0.2) is 18.2 Å². The second-order valence-electron chi connectivity index (χ2n) is 4.66. The van der Waals surface area contributed by atoms with E-state index in [4.69, 9.17) is 5.73 Å². The van der Waals surface area contributed by atoms with Crippen molar-refractivity contribution in [2.45, 2.75) is 32.7 Å². The number of nitrogens with two attached hydrogens (primary N) is 1. The lowest BCUT2D eigenvalue weighted by molar-refractivity contribution is 0.269. The Balaban J connectivity index is 2.12. The van der Waals surface area contributed by atoms with E-state index in [9.17, 15) is 0 Å². The van der Waals surface area contributed by atoms with Gasteiger partial charge in [0.25, 0.3) is 0 Å². The molecule has 4 heteroatoms. The van der Waals surface area contributed by atoms with Gasteiger partial charge >= 0.3 is 0 Å². The number of pyridine rings is 1. The van der Waals surface area contributed by atoms with Gasteiger partial charge in [-0.2, -0.15) is 0 Å². The van der Waals surface area contributed by atoms with Gasteiger partial charge in [-0.25, -0.2) is 4.98 Å². The molecule has 0 unspecified atom stereocenters. The van der Waals surface area contributed by atoms with E-state index < -0.39 is 0 Å². The van der Waals surface area contributed by atoms with Crippen molar-refractivity contribution in [1.29, 1.82) is 0 Å². The number of nitrogens with zero attached hydrogens (tertiary/aromatic N) is 2. The fraction of sp³-hybridized carbons (Fsp3) is 0.615. The molecule has 0 aliphatic heterocycles. The first kappa shape index (κ1) is 13.8. The third-order valence-corrected chi connectivity index (χ3v) is 2.90. The predicted octanol–water partition coefficient (Wildman–Crippen LogP) is 2.20. The molecule has 0 saturated carbocycles. The molecule has 0 radical (unpaired) electrons. The van der Waals surface area contributed by atoms with Crippen molar-refractivity contribution in [3.63, 3.8) is 0 Å². The Kier molecular flexibility index (Phi) is 5.77. The normalized spacial score (nSPS) is 11.1. The maximum atomic E-state index is 5.60. The van der Waals surface area contributed by atoms with Gasteiger partial charge in [-0.15, -0.1) is 0 Å². The summed E-state index contributed by atoms with van der Waals surface area (Å²) in [5, 5.41) is 3.28. The smallest absolute Gasteiger partial charge is 0.128 e. The molecule has 0 atom stereocenters. The summed E-state index contributed by atoms with van der Waals surface area (Å²) >= 11 is 0. The van der Waals surface area contributed by atoms with E-state index >= 15 is 0 Å². The molecule has 0 amide bonds. The lowest BCUT2D eigenvalue weighted by Crippen LogP contribution is -2.27. The molecule has 3 N–H and O–H groups in total. The Morgan fingerprint density at radius 3 is 2.76 bits per heavy atom. The van der Waals surface area contributed by atoms with E-state index in [0.717, 1.165) is 25.3 Å². The second-order valence-corrected chi connectivity index (χ2v) is 4.66. The summed E-state index contributed by atoms with van der Waals surface area (Å²) in [7, 11) is 2.16. The summed E-state index contributed by atoms with van der Waals surface area (Å²) < 4.78 is 0. The monoisotopic (exact) mass is 236 g/mol. The summed E-state index contributed by atoms with van der Waals surface area (Å²) in [4.78, 5) is 6.55. The Bertz CT molecular complexity index is 325. The van der Waals surface area contributed by atoms with Crippen molar-refractivity contribution >= 4 is 11.6 Å².